The van der Waals surface area contributed by atoms with Crippen molar-refractivity contribution in [2.24, 2.45) is 0 Å². The summed E-state index contributed by atoms with van der Waals surface area (Å²) in [5.41, 5.74) is 0.229. The standard InChI is InChI=1S/C19H21FN2O3/c1-11(2)22-10-14(19(24)25)18(23)13-8-15(20)16(9-17(13)22)21-12-6-4-3-5-7-12/h8-10,12,21H,1,3-7H2,2H3,(H,24,25). The van der Waals surface area contributed by atoms with Gasteiger partial charge in [0.2, 0.25) is 5.43 Å². The lowest BCUT2D eigenvalue weighted by molar-refractivity contribution is 0.0695. The van der Waals surface area contributed by atoms with Crippen LogP contribution in [-0.4, -0.2) is 21.7 Å². The molecule has 2 aromatic rings. The van der Waals surface area contributed by atoms with E-state index in [1.54, 1.807) is 13.0 Å². The van der Waals surface area contributed by atoms with Crippen LogP contribution in [-0.2, 0) is 0 Å². The first-order chi connectivity index (χ1) is 11.9. The molecular weight excluding hydrogens is 323 g/mol. The lowest BCUT2D eigenvalue weighted by atomic mass is 9.95. The molecule has 0 atom stereocenters. The molecule has 6 heteroatoms. The number of nitrogens with zero attached hydrogens (tertiary/aromatic N) is 1. The van der Waals surface area contributed by atoms with Crippen LogP contribution in [0.25, 0.3) is 16.6 Å². The molecule has 2 N–H and O–H groups in total. The Morgan fingerprint density at radius 1 is 1.32 bits per heavy atom. The summed E-state index contributed by atoms with van der Waals surface area (Å²) in [6.07, 6.45) is 6.66. The van der Waals surface area contributed by atoms with Crippen molar-refractivity contribution in [3.63, 3.8) is 0 Å². The summed E-state index contributed by atoms with van der Waals surface area (Å²) in [4.78, 5) is 23.7. The molecule has 0 radical (unpaired) electrons. The lowest BCUT2D eigenvalue weighted by Gasteiger charge is -2.24. The van der Waals surface area contributed by atoms with Crippen LogP contribution in [0.15, 0.2) is 29.7 Å². The predicted molar refractivity (Wildman–Crippen MR) is 96.6 cm³/mol. The molecule has 1 aromatic carbocycles. The van der Waals surface area contributed by atoms with Crippen LogP contribution in [0.3, 0.4) is 0 Å². The van der Waals surface area contributed by atoms with Gasteiger partial charge in [0.15, 0.2) is 0 Å². The molecule has 1 fully saturated rings. The van der Waals surface area contributed by atoms with E-state index in [0.717, 1.165) is 31.7 Å². The van der Waals surface area contributed by atoms with E-state index < -0.39 is 22.8 Å². The average Bonchev–Trinajstić information content (AvgIpc) is 2.57. The number of anilines is 1. The second-order valence-corrected chi connectivity index (χ2v) is 6.61. The van der Waals surface area contributed by atoms with Gasteiger partial charge < -0.3 is 15.0 Å². The summed E-state index contributed by atoms with van der Waals surface area (Å²) in [6, 6.07) is 2.90. The van der Waals surface area contributed by atoms with E-state index in [1.807, 2.05) is 0 Å². The van der Waals surface area contributed by atoms with Crippen molar-refractivity contribution in [3.8, 4) is 0 Å². The Morgan fingerprint density at radius 2 is 2.00 bits per heavy atom. The molecule has 3 rings (SSSR count). The van der Waals surface area contributed by atoms with Crippen LogP contribution >= 0.6 is 0 Å². The number of benzene rings is 1. The molecule has 0 aliphatic heterocycles. The first-order valence-corrected chi connectivity index (χ1v) is 8.43. The second kappa shape index (κ2) is 6.70. The topological polar surface area (TPSA) is 71.3 Å². The third-order valence-corrected chi connectivity index (χ3v) is 4.70. The largest absolute Gasteiger partial charge is 0.477 e. The first kappa shape index (κ1) is 17.2. The van der Waals surface area contributed by atoms with Gasteiger partial charge in [0.05, 0.1) is 11.2 Å². The molecular formula is C19H21FN2O3. The number of allylic oxidation sites excluding steroid dienone is 1. The monoisotopic (exact) mass is 344 g/mol. The fourth-order valence-electron chi connectivity index (χ4n) is 3.39. The number of pyridine rings is 1. The van der Waals surface area contributed by atoms with E-state index in [0.29, 0.717) is 16.9 Å². The number of halogens is 1. The van der Waals surface area contributed by atoms with Gasteiger partial charge in [-0.05, 0) is 31.9 Å². The number of carboxylic acids is 1. The minimum absolute atomic E-state index is 0.0367. The number of aromatic carboxylic acids is 1. The Kier molecular flexibility index (Phi) is 4.61. The average molecular weight is 344 g/mol. The maximum Gasteiger partial charge on any atom is 0.341 e. The Bertz CT molecular complexity index is 911. The maximum absolute atomic E-state index is 14.5. The molecule has 1 aliphatic carbocycles. The highest BCUT2D eigenvalue weighted by Crippen LogP contribution is 2.27. The highest BCUT2D eigenvalue weighted by Gasteiger charge is 2.19. The predicted octanol–water partition coefficient (Wildman–Crippen LogP) is 4.07. The molecule has 0 unspecified atom stereocenters. The van der Waals surface area contributed by atoms with Crippen molar-refractivity contribution in [2.45, 2.75) is 45.1 Å². The van der Waals surface area contributed by atoms with Gasteiger partial charge in [-0.15, -0.1) is 0 Å². The molecule has 1 saturated carbocycles. The zero-order chi connectivity index (χ0) is 18.1. The molecule has 132 valence electrons. The van der Waals surface area contributed by atoms with Crippen LogP contribution in [0.4, 0.5) is 10.1 Å². The van der Waals surface area contributed by atoms with Gasteiger partial charge in [0, 0.05) is 23.3 Å². The van der Waals surface area contributed by atoms with Gasteiger partial charge in [0.25, 0.3) is 0 Å². The highest BCUT2D eigenvalue weighted by atomic mass is 19.1. The van der Waals surface area contributed by atoms with Gasteiger partial charge >= 0.3 is 5.97 Å². The molecule has 1 aromatic heterocycles. The molecule has 0 bridgehead atoms. The van der Waals surface area contributed by atoms with Crippen molar-refractivity contribution in [2.75, 3.05) is 5.32 Å². The number of carboxylic acid groups (broad SMARTS) is 1. The van der Waals surface area contributed by atoms with Crippen LogP contribution in [0.5, 0.6) is 0 Å². The summed E-state index contributed by atoms with van der Waals surface area (Å²) in [5, 5.41) is 12.5. The van der Waals surface area contributed by atoms with Crippen LogP contribution in [0, 0.1) is 5.82 Å². The number of aromatic nitrogens is 1. The normalized spacial score (nSPS) is 15.3. The molecule has 0 amide bonds. The van der Waals surface area contributed by atoms with Gasteiger partial charge in [-0.1, -0.05) is 25.8 Å². The summed E-state index contributed by atoms with van der Waals surface area (Å²) in [5.74, 6) is -1.89. The third kappa shape index (κ3) is 3.29. The van der Waals surface area contributed by atoms with E-state index in [-0.39, 0.29) is 11.4 Å². The van der Waals surface area contributed by atoms with Crippen LogP contribution in [0.1, 0.15) is 49.4 Å². The first-order valence-electron chi connectivity index (χ1n) is 8.43. The summed E-state index contributed by atoms with van der Waals surface area (Å²) >= 11 is 0. The van der Waals surface area contributed by atoms with Gasteiger partial charge in [-0.3, -0.25) is 4.79 Å². The van der Waals surface area contributed by atoms with Gasteiger partial charge in [-0.2, -0.15) is 0 Å². The Labute approximate surface area is 144 Å². The SMILES string of the molecule is C=C(C)n1cc(C(=O)O)c(=O)c2cc(F)c(NC3CCCCC3)cc21. The van der Waals surface area contributed by atoms with Crippen molar-refractivity contribution in [1.82, 2.24) is 4.57 Å². The Balaban J connectivity index is 2.16. The fraction of sp³-hybridized carbons (Fsp3) is 0.368. The molecule has 25 heavy (non-hydrogen) atoms. The molecule has 0 spiro atoms. The maximum atomic E-state index is 14.5. The Hall–Kier alpha value is -2.63. The number of nitrogens with one attached hydrogen (secondary N) is 1. The number of rotatable bonds is 4. The summed E-state index contributed by atoms with van der Waals surface area (Å²) < 4.78 is 16.1. The quantitative estimate of drug-likeness (QED) is 0.877. The van der Waals surface area contributed by atoms with Crippen LogP contribution in [0.2, 0.25) is 0 Å². The number of hydrogen-bond acceptors (Lipinski definition) is 3. The van der Waals surface area contributed by atoms with Crippen molar-refractivity contribution < 1.29 is 14.3 Å². The van der Waals surface area contributed by atoms with E-state index >= 15 is 0 Å². The van der Waals surface area contributed by atoms with Gasteiger partial charge in [0.1, 0.15) is 11.4 Å². The highest BCUT2D eigenvalue weighted by molar-refractivity contribution is 5.94. The van der Waals surface area contributed by atoms with E-state index in [1.165, 1.54) is 17.2 Å². The minimum atomic E-state index is -1.34. The number of hydrogen-bond donors (Lipinski definition) is 2. The molecule has 1 aliphatic rings. The molecule has 0 saturated heterocycles. The van der Waals surface area contributed by atoms with E-state index in [2.05, 4.69) is 11.9 Å². The minimum Gasteiger partial charge on any atom is -0.477 e. The number of fused-ring (bicyclic) bond motifs is 1. The Morgan fingerprint density at radius 3 is 2.60 bits per heavy atom. The zero-order valence-corrected chi connectivity index (χ0v) is 14.1. The molecule has 5 nitrogen and oxygen atoms in total. The zero-order valence-electron chi connectivity index (χ0n) is 14.1. The molecule has 1 heterocycles. The van der Waals surface area contributed by atoms with E-state index in [9.17, 15) is 19.1 Å². The van der Waals surface area contributed by atoms with Gasteiger partial charge in [-0.25, -0.2) is 9.18 Å². The number of carbonyl (C=O) groups is 1. The second-order valence-electron chi connectivity index (χ2n) is 6.61. The van der Waals surface area contributed by atoms with Crippen molar-refractivity contribution in [3.05, 3.63) is 46.5 Å². The third-order valence-electron chi connectivity index (χ3n) is 4.70. The van der Waals surface area contributed by atoms with E-state index in [4.69, 9.17) is 0 Å². The van der Waals surface area contributed by atoms with Crippen LogP contribution < -0.4 is 10.7 Å². The smallest absolute Gasteiger partial charge is 0.341 e. The summed E-state index contributed by atoms with van der Waals surface area (Å²) in [6.45, 7) is 5.53. The summed E-state index contributed by atoms with van der Waals surface area (Å²) in [7, 11) is 0. The van der Waals surface area contributed by atoms with Crippen molar-refractivity contribution >= 4 is 28.3 Å². The van der Waals surface area contributed by atoms with Crippen molar-refractivity contribution in [1.29, 1.82) is 0 Å². The fourth-order valence-corrected chi connectivity index (χ4v) is 3.39. The lowest BCUT2D eigenvalue weighted by Crippen LogP contribution is -2.23.